The van der Waals surface area contributed by atoms with E-state index in [1.165, 1.54) is 0 Å². The molecule has 0 spiro atoms. The number of nitrogens with one attached hydrogen (secondary N) is 1. The third kappa shape index (κ3) is 4.33. The number of para-hydroxylation sites is 1. The van der Waals surface area contributed by atoms with Crippen molar-refractivity contribution in [2.24, 2.45) is 0 Å². The van der Waals surface area contributed by atoms with E-state index < -0.39 is 0 Å². The molecule has 1 amide bonds. The van der Waals surface area contributed by atoms with Crippen molar-refractivity contribution in [3.63, 3.8) is 0 Å². The Balaban J connectivity index is 2.35. The van der Waals surface area contributed by atoms with Crippen LogP contribution in [0.15, 0.2) is 30.3 Å². The van der Waals surface area contributed by atoms with Gasteiger partial charge in [0.05, 0.1) is 5.75 Å². The van der Waals surface area contributed by atoms with Crippen LogP contribution in [-0.4, -0.2) is 16.9 Å². The van der Waals surface area contributed by atoms with E-state index in [4.69, 9.17) is 0 Å². The van der Waals surface area contributed by atoms with E-state index in [1.807, 2.05) is 30.3 Å². The molecular weight excluding hydrogens is 194 g/mol. The van der Waals surface area contributed by atoms with Crippen LogP contribution in [0.3, 0.4) is 0 Å². The van der Waals surface area contributed by atoms with Crippen molar-refractivity contribution in [1.82, 2.24) is 0 Å². The average Bonchev–Trinajstić information content (AvgIpc) is 2.16. The highest BCUT2D eigenvalue weighted by Crippen LogP contribution is 2.10. The van der Waals surface area contributed by atoms with E-state index in [0.717, 1.165) is 5.69 Å². The SMILES string of the molecule is CC(C)SCC(=O)Nc1ccccc1. The van der Waals surface area contributed by atoms with Crippen LogP contribution in [0.1, 0.15) is 13.8 Å². The van der Waals surface area contributed by atoms with Gasteiger partial charge in [0.2, 0.25) is 5.91 Å². The lowest BCUT2D eigenvalue weighted by atomic mass is 10.3. The predicted octanol–water partition coefficient (Wildman–Crippen LogP) is 2.77. The van der Waals surface area contributed by atoms with E-state index in [1.54, 1.807) is 11.8 Å². The second-order valence-electron chi connectivity index (χ2n) is 3.27. The highest BCUT2D eigenvalue weighted by molar-refractivity contribution is 8.00. The molecule has 0 fully saturated rings. The van der Waals surface area contributed by atoms with Crippen LogP contribution in [0.4, 0.5) is 5.69 Å². The van der Waals surface area contributed by atoms with Gasteiger partial charge in [-0.3, -0.25) is 4.79 Å². The Kier molecular flexibility index (Phi) is 4.53. The standard InChI is InChI=1S/C11H15NOS/c1-9(2)14-8-11(13)12-10-6-4-3-5-7-10/h3-7,9H,8H2,1-2H3,(H,12,13). The molecule has 0 aliphatic heterocycles. The van der Waals surface area contributed by atoms with Gasteiger partial charge in [0.25, 0.3) is 0 Å². The molecule has 2 nitrogen and oxygen atoms in total. The number of hydrogen-bond acceptors (Lipinski definition) is 2. The third-order valence-corrected chi connectivity index (χ3v) is 2.70. The van der Waals surface area contributed by atoms with Crippen molar-refractivity contribution in [3.05, 3.63) is 30.3 Å². The smallest absolute Gasteiger partial charge is 0.234 e. The number of thioether (sulfide) groups is 1. The van der Waals surface area contributed by atoms with Gasteiger partial charge in [-0.15, -0.1) is 11.8 Å². The van der Waals surface area contributed by atoms with E-state index >= 15 is 0 Å². The third-order valence-electron chi connectivity index (χ3n) is 1.61. The van der Waals surface area contributed by atoms with Crippen LogP contribution in [0.5, 0.6) is 0 Å². The topological polar surface area (TPSA) is 29.1 Å². The van der Waals surface area contributed by atoms with Gasteiger partial charge in [0.1, 0.15) is 0 Å². The summed E-state index contributed by atoms with van der Waals surface area (Å²) in [6, 6.07) is 9.52. The van der Waals surface area contributed by atoms with Gasteiger partial charge in [0, 0.05) is 5.69 Å². The zero-order valence-electron chi connectivity index (χ0n) is 8.49. The summed E-state index contributed by atoms with van der Waals surface area (Å²) in [5.74, 6) is 0.585. The molecule has 0 atom stereocenters. The molecule has 76 valence electrons. The highest BCUT2D eigenvalue weighted by atomic mass is 32.2. The molecule has 3 heteroatoms. The Morgan fingerprint density at radius 2 is 2.00 bits per heavy atom. The number of rotatable bonds is 4. The van der Waals surface area contributed by atoms with Crippen molar-refractivity contribution in [2.45, 2.75) is 19.1 Å². The fraction of sp³-hybridized carbons (Fsp3) is 0.364. The monoisotopic (exact) mass is 209 g/mol. The lowest BCUT2D eigenvalue weighted by molar-refractivity contribution is -0.113. The summed E-state index contributed by atoms with van der Waals surface area (Å²) >= 11 is 1.65. The summed E-state index contributed by atoms with van der Waals surface area (Å²) in [7, 11) is 0. The molecule has 0 aliphatic rings. The van der Waals surface area contributed by atoms with Crippen LogP contribution in [-0.2, 0) is 4.79 Å². The second kappa shape index (κ2) is 5.70. The summed E-state index contributed by atoms with van der Waals surface area (Å²) in [5.41, 5.74) is 0.863. The van der Waals surface area contributed by atoms with Crippen molar-refractivity contribution in [2.75, 3.05) is 11.1 Å². The quantitative estimate of drug-likeness (QED) is 0.826. The summed E-state index contributed by atoms with van der Waals surface area (Å²) in [6.45, 7) is 4.17. The number of carbonyl (C=O) groups excluding carboxylic acids is 1. The Morgan fingerprint density at radius 3 is 2.57 bits per heavy atom. The maximum atomic E-state index is 11.4. The molecule has 0 heterocycles. The van der Waals surface area contributed by atoms with Crippen molar-refractivity contribution in [3.8, 4) is 0 Å². The van der Waals surface area contributed by atoms with Crippen LogP contribution < -0.4 is 5.32 Å². The number of hydrogen-bond donors (Lipinski definition) is 1. The molecule has 14 heavy (non-hydrogen) atoms. The first kappa shape index (κ1) is 11.1. The molecular formula is C11H15NOS. The lowest BCUT2D eigenvalue weighted by Crippen LogP contribution is -2.15. The maximum absolute atomic E-state index is 11.4. The minimum absolute atomic E-state index is 0.0647. The molecule has 0 aliphatic carbocycles. The first-order valence-corrected chi connectivity index (χ1v) is 5.70. The summed E-state index contributed by atoms with van der Waals surface area (Å²) in [5, 5.41) is 3.33. The minimum atomic E-state index is 0.0647. The first-order chi connectivity index (χ1) is 6.68. The minimum Gasteiger partial charge on any atom is -0.325 e. The molecule has 1 aromatic rings. The molecule has 0 bridgehead atoms. The highest BCUT2D eigenvalue weighted by Gasteiger charge is 2.03. The second-order valence-corrected chi connectivity index (χ2v) is 4.84. The number of carbonyl (C=O) groups is 1. The Hall–Kier alpha value is -0.960. The Morgan fingerprint density at radius 1 is 1.36 bits per heavy atom. The van der Waals surface area contributed by atoms with Crippen LogP contribution in [0.25, 0.3) is 0 Å². The average molecular weight is 209 g/mol. The van der Waals surface area contributed by atoms with E-state index in [9.17, 15) is 4.79 Å². The fourth-order valence-electron chi connectivity index (χ4n) is 0.961. The fourth-order valence-corrected chi connectivity index (χ4v) is 1.52. The molecule has 0 radical (unpaired) electrons. The summed E-state index contributed by atoms with van der Waals surface area (Å²) in [6.07, 6.45) is 0. The van der Waals surface area contributed by atoms with Crippen molar-refractivity contribution >= 4 is 23.4 Å². The zero-order chi connectivity index (χ0) is 10.4. The number of benzene rings is 1. The number of anilines is 1. The summed E-state index contributed by atoms with van der Waals surface area (Å²) < 4.78 is 0. The molecule has 1 rings (SSSR count). The van der Waals surface area contributed by atoms with Crippen LogP contribution in [0.2, 0.25) is 0 Å². The molecule has 0 saturated carbocycles. The molecule has 1 aromatic carbocycles. The van der Waals surface area contributed by atoms with Gasteiger partial charge in [0.15, 0.2) is 0 Å². The zero-order valence-corrected chi connectivity index (χ0v) is 9.30. The maximum Gasteiger partial charge on any atom is 0.234 e. The van der Waals surface area contributed by atoms with Crippen molar-refractivity contribution < 1.29 is 4.79 Å². The number of amides is 1. The summed E-state index contributed by atoms with van der Waals surface area (Å²) in [4.78, 5) is 11.4. The van der Waals surface area contributed by atoms with Gasteiger partial charge >= 0.3 is 0 Å². The lowest BCUT2D eigenvalue weighted by Gasteiger charge is -2.06. The van der Waals surface area contributed by atoms with Crippen molar-refractivity contribution in [1.29, 1.82) is 0 Å². The molecule has 0 aromatic heterocycles. The van der Waals surface area contributed by atoms with Gasteiger partial charge in [-0.25, -0.2) is 0 Å². The largest absolute Gasteiger partial charge is 0.325 e. The van der Waals surface area contributed by atoms with Crippen LogP contribution >= 0.6 is 11.8 Å². The van der Waals surface area contributed by atoms with Gasteiger partial charge < -0.3 is 5.32 Å². The van der Waals surface area contributed by atoms with Gasteiger partial charge in [-0.1, -0.05) is 32.0 Å². The molecule has 1 N–H and O–H groups in total. The van der Waals surface area contributed by atoms with Crippen LogP contribution in [0, 0.1) is 0 Å². The Bertz CT molecular complexity index is 285. The normalized spacial score (nSPS) is 10.2. The van der Waals surface area contributed by atoms with Gasteiger partial charge in [-0.05, 0) is 17.4 Å². The van der Waals surface area contributed by atoms with E-state index in [2.05, 4.69) is 19.2 Å². The van der Waals surface area contributed by atoms with E-state index in [-0.39, 0.29) is 5.91 Å². The molecule has 0 saturated heterocycles. The Labute approximate surface area is 89.1 Å². The van der Waals surface area contributed by atoms with Gasteiger partial charge in [-0.2, -0.15) is 0 Å². The predicted molar refractivity (Wildman–Crippen MR) is 62.7 cm³/mol. The van der Waals surface area contributed by atoms with E-state index in [0.29, 0.717) is 11.0 Å². The first-order valence-electron chi connectivity index (χ1n) is 4.65. The molecule has 0 unspecified atom stereocenters.